The van der Waals surface area contributed by atoms with Crippen LogP contribution >= 0.6 is 0 Å². The summed E-state index contributed by atoms with van der Waals surface area (Å²) in [6.45, 7) is 4.00. The lowest BCUT2D eigenvalue weighted by molar-refractivity contribution is -0.161. The fourth-order valence-electron chi connectivity index (χ4n) is 5.92. The summed E-state index contributed by atoms with van der Waals surface area (Å²) in [5.74, 6) is -0.625. The number of hydrogen-bond acceptors (Lipinski definition) is 5. The molecule has 0 rings (SSSR count). The molecule has 0 saturated carbocycles. The first-order valence-electron chi connectivity index (χ1n) is 21.2. The number of unbranched alkanes of at least 4 members (excludes halogenated alkanes) is 22. The summed E-state index contributed by atoms with van der Waals surface area (Å²) < 4.78 is 10.6. The average Bonchev–Trinajstić information content (AvgIpc) is 3.12. The zero-order valence-electron chi connectivity index (χ0n) is 32.9. The van der Waals surface area contributed by atoms with Crippen LogP contribution in [0.1, 0.15) is 206 Å². The number of carbonyl (C=O) groups is 2. The molecule has 0 bridgehead atoms. The Bertz CT molecular complexity index is 842. The van der Waals surface area contributed by atoms with Gasteiger partial charge in [0, 0.05) is 12.8 Å². The van der Waals surface area contributed by atoms with Gasteiger partial charge in [0.05, 0.1) is 6.61 Å². The topological polar surface area (TPSA) is 72.8 Å². The smallest absolute Gasteiger partial charge is 0.306 e. The SMILES string of the molecule is CC/C=C\C/C=C\C/C=C\CCCCCC(=O)OC(CO)COC(=O)CCCCCCCCCCCCC/C=C\CCCCCCCCCC. The van der Waals surface area contributed by atoms with Crippen LogP contribution in [0.3, 0.4) is 0 Å². The third-order valence-electron chi connectivity index (χ3n) is 9.11. The van der Waals surface area contributed by atoms with Gasteiger partial charge in [-0.25, -0.2) is 0 Å². The molecule has 0 saturated heterocycles. The number of allylic oxidation sites excluding steroid dienone is 8. The van der Waals surface area contributed by atoms with E-state index in [9.17, 15) is 14.7 Å². The van der Waals surface area contributed by atoms with E-state index in [0.717, 1.165) is 64.2 Å². The monoisotopic (exact) mass is 701 g/mol. The van der Waals surface area contributed by atoms with E-state index in [1.807, 2.05) is 0 Å². The van der Waals surface area contributed by atoms with Gasteiger partial charge in [0.25, 0.3) is 0 Å². The van der Waals surface area contributed by atoms with Gasteiger partial charge in [-0.1, -0.05) is 172 Å². The van der Waals surface area contributed by atoms with E-state index in [1.54, 1.807) is 0 Å². The van der Waals surface area contributed by atoms with Crippen molar-refractivity contribution in [3.05, 3.63) is 48.6 Å². The highest BCUT2D eigenvalue weighted by Gasteiger charge is 2.16. The van der Waals surface area contributed by atoms with Gasteiger partial charge in [-0.15, -0.1) is 0 Å². The van der Waals surface area contributed by atoms with Crippen LogP contribution in [0.15, 0.2) is 48.6 Å². The molecular weight excluding hydrogens is 620 g/mol. The Kier molecular flexibility index (Phi) is 39.5. The molecule has 0 aliphatic carbocycles. The van der Waals surface area contributed by atoms with Crippen molar-refractivity contribution in [3.63, 3.8) is 0 Å². The van der Waals surface area contributed by atoms with Gasteiger partial charge in [0.2, 0.25) is 0 Å². The predicted molar refractivity (Wildman–Crippen MR) is 214 cm³/mol. The Morgan fingerprint density at radius 1 is 0.480 bits per heavy atom. The lowest BCUT2D eigenvalue weighted by Gasteiger charge is -2.15. The molecule has 5 nitrogen and oxygen atoms in total. The lowest BCUT2D eigenvalue weighted by atomic mass is 10.0. The van der Waals surface area contributed by atoms with Crippen molar-refractivity contribution in [3.8, 4) is 0 Å². The van der Waals surface area contributed by atoms with Crippen molar-refractivity contribution in [2.45, 2.75) is 213 Å². The van der Waals surface area contributed by atoms with E-state index in [0.29, 0.717) is 12.8 Å². The second kappa shape index (κ2) is 41.3. The fourth-order valence-corrected chi connectivity index (χ4v) is 5.92. The number of carbonyl (C=O) groups excluding carboxylic acids is 2. The minimum Gasteiger partial charge on any atom is -0.462 e. The summed E-state index contributed by atoms with van der Waals surface area (Å²) in [5, 5.41) is 9.55. The minimum atomic E-state index is -0.786. The average molecular weight is 701 g/mol. The maximum absolute atomic E-state index is 12.1. The highest BCUT2D eigenvalue weighted by Crippen LogP contribution is 2.14. The third kappa shape index (κ3) is 38.7. The van der Waals surface area contributed by atoms with Crippen molar-refractivity contribution >= 4 is 11.9 Å². The predicted octanol–water partition coefficient (Wildman–Crippen LogP) is 13.4. The molecule has 0 amide bonds. The van der Waals surface area contributed by atoms with Crippen molar-refractivity contribution in [1.29, 1.82) is 0 Å². The molecule has 5 heteroatoms. The molecule has 0 aliphatic rings. The van der Waals surface area contributed by atoms with Crippen molar-refractivity contribution in [2.75, 3.05) is 13.2 Å². The summed E-state index contributed by atoms with van der Waals surface area (Å²) in [5.41, 5.74) is 0. The second-order valence-electron chi connectivity index (χ2n) is 14.0. The highest BCUT2D eigenvalue weighted by molar-refractivity contribution is 5.70. The molecule has 0 aromatic heterocycles. The molecule has 0 aromatic carbocycles. The summed E-state index contributed by atoms with van der Waals surface area (Å²) >= 11 is 0. The summed E-state index contributed by atoms with van der Waals surface area (Å²) in [7, 11) is 0. The number of aliphatic hydroxyl groups excluding tert-OH is 1. The first kappa shape index (κ1) is 47.9. The highest BCUT2D eigenvalue weighted by atomic mass is 16.6. The van der Waals surface area contributed by atoms with Gasteiger partial charge in [0.15, 0.2) is 6.10 Å². The van der Waals surface area contributed by atoms with Crippen LogP contribution in [0, 0.1) is 0 Å². The minimum absolute atomic E-state index is 0.0781. The van der Waals surface area contributed by atoms with Crippen LogP contribution in [0.4, 0.5) is 0 Å². The largest absolute Gasteiger partial charge is 0.462 e. The number of hydrogen-bond donors (Lipinski definition) is 1. The molecule has 0 fully saturated rings. The molecule has 0 heterocycles. The molecule has 290 valence electrons. The standard InChI is InChI=1S/C45H80O5/c1-3-5-7-9-11-13-15-17-18-19-20-21-22-23-24-25-26-28-29-31-33-35-37-39-44(47)49-42-43(41-46)50-45(48)40-38-36-34-32-30-27-16-14-12-10-8-6-4-2/h6,8,12,14,19-20,27,30,43,46H,3-5,7,9-11,13,15-18,21-26,28-29,31-42H2,1-2H3/b8-6-,14-12-,20-19-,30-27-. The van der Waals surface area contributed by atoms with Crippen LogP contribution in [-0.4, -0.2) is 36.4 Å². The quantitative estimate of drug-likeness (QED) is 0.0394. The van der Waals surface area contributed by atoms with Crippen LogP contribution in [0.25, 0.3) is 0 Å². The van der Waals surface area contributed by atoms with Crippen molar-refractivity contribution in [2.24, 2.45) is 0 Å². The summed E-state index contributed by atoms with van der Waals surface area (Å²) in [6, 6.07) is 0. The molecule has 0 aliphatic heterocycles. The zero-order chi connectivity index (χ0) is 36.4. The Labute approximate surface area is 309 Å². The Balaban J connectivity index is 3.52. The Morgan fingerprint density at radius 2 is 0.860 bits per heavy atom. The molecule has 1 unspecified atom stereocenters. The van der Waals surface area contributed by atoms with Gasteiger partial charge >= 0.3 is 11.9 Å². The maximum atomic E-state index is 12.1. The number of ether oxygens (including phenoxy) is 2. The van der Waals surface area contributed by atoms with E-state index >= 15 is 0 Å². The molecule has 50 heavy (non-hydrogen) atoms. The number of aliphatic hydroxyl groups is 1. The molecule has 1 atom stereocenters. The van der Waals surface area contributed by atoms with Crippen LogP contribution in [0.5, 0.6) is 0 Å². The van der Waals surface area contributed by atoms with E-state index in [-0.39, 0.29) is 25.2 Å². The molecule has 0 spiro atoms. The Hall–Kier alpha value is -2.14. The molecule has 0 aromatic rings. The summed E-state index contributed by atoms with van der Waals surface area (Å²) in [6.07, 6.45) is 51.9. The zero-order valence-corrected chi connectivity index (χ0v) is 32.9. The van der Waals surface area contributed by atoms with Crippen LogP contribution in [-0.2, 0) is 19.1 Å². The van der Waals surface area contributed by atoms with Gasteiger partial charge in [-0.3, -0.25) is 9.59 Å². The van der Waals surface area contributed by atoms with Gasteiger partial charge in [-0.2, -0.15) is 0 Å². The maximum Gasteiger partial charge on any atom is 0.306 e. The summed E-state index contributed by atoms with van der Waals surface area (Å²) in [4.78, 5) is 24.3. The fraction of sp³-hybridized carbons (Fsp3) is 0.778. The van der Waals surface area contributed by atoms with Gasteiger partial charge in [-0.05, 0) is 70.6 Å². The van der Waals surface area contributed by atoms with E-state index < -0.39 is 6.10 Å². The van der Waals surface area contributed by atoms with E-state index in [1.165, 1.54) is 116 Å². The first-order valence-corrected chi connectivity index (χ1v) is 21.2. The molecular formula is C45H80O5. The van der Waals surface area contributed by atoms with Gasteiger partial charge < -0.3 is 14.6 Å². The van der Waals surface area contributed by atoms with Crippen LogP contribution in [0.2, 0.25) is 0 Å². The van der Waals surface area contributed by atoms with Crippen LogP contribution < -0.4 is 0 Å². The number of esters is 2. The van der Waals surface area contributed by atoms with Crippen molar-refractivity contribution < 1.29 is 24.2 Å². The van der Waals surface area contributed by atoms with E-state index in [2.05, 4.69) is 62.5 Å². The first-order chi connectivity index (χ1) is 24.6. The number of rotatable bonds is 38. The normalized spacial score (nSPS) is 12.6. The molecule has 1 N–H and O–H groups in total. The lowest BCUT2D eigenvalue weighted by Crippen LogP contribution is -2.28. The molecule has 0 radical (unpaired) electrons. The van der Waals surface area contributed by atoms with Gasteiger partial charge in [0.1, 0.15) is 6.61 Å². The third-order valence-corrected chi connectivity index (χ3v) is 9.11. The second-order valence-corrected chi connectivity index (χ2v) is 14.0. The van der Waals surface area contributed by atoms with E-state index in [4.69, 9.17) is 9.47 Å². The van der Waals surface area contributed by atoms with Crippen molar-refractivity contribution in [1.82, 2.24) is 0 Å². The Morgan fingerprint density at radius 3 is 1.34 bits per heavy atom.